The first-order chi connectivity index (χ1) is 30.0. The summed E-state index contributed by atoms with van der Waals surface area (Å²) in [7, 11) is 0. The van der Waals surface area contributed by atoms with E-state index in [1.807, 2.05) is 0 Å². The van der Waals surface area contributed by atoms with Crippen molar-refractivity contribution >= 4 is 11.9 Å². The molecule has 0 radical (unpaired) electrons. The second-order valence-corrected chi connectivity index (χ2v) is 15.5. The molecule has 0 aromatic heterocycles. The zero-order valence-corrected chi connectivity index (χ0v) is 36.8. The van der Waals surface area contributed by atoms with E-state index < -0.39 is 99.3 Å². The van der Waals surface area contributed by atoms with Gasteiger partial charge in [0.25, 0.3) is 0 Å². The summed E-state index contributed by atoms with van der Waals surface area (Å²) in [5.74, 6) is -1.01. The summed E-state index contributed by atoms with van der Waals surface area (Å²) in [5, 5.41) is 71.8. The molecule has 11 unspecified atom stereocenters. The van der Waals surface area contributed by atoms with Gasteiger partial charge in [-0.3, -0.25) is 9.59 Å². The highest BCUT2D eigenvalue weighted by Gasteiger charge is 2.47. The molecule has 7 N–H and O–H groups in total. The van der Waals surface area contributed by atoms with Crippen molar-refractivity contribution in [3.63, 3.8) is 0 Å². The molecule has 11 atom stereocenters. The highest BCUT2D eigenvalue weighted by Crippen LogP contribution is 2.26. The zero-order valence-electron chi connectivity index (χ0n) is 36.8. The van der Waals surface area contributed by atoms with Crippen LogP contribution >= 0.6 is 0 Å². The predicted molar refractivity (Wildman–Crippen MR) is 233 cm³/mol. The maximum Gasteiger partial charge on any atom is 0.306 e. The zero-order chi connectivity index (χ0) is 45.4. The number of carbonyl (C=O) groups is 2. The summed E-state index contributed by atoms with van der Waals surface area (Å²) in [5.41, 5.74) is 0. The average Bonchev–Trinajstić information content (AvgIpc) is 3.26. The van der Waals surface area contributed by atoms with E-state index in [0.717, 1.165) is 77.0 Å². The van der Waals surface area contributed by atoms with E-state index in [1.165, 1.54) is 0 Å². The minimum absolute atomic E-state index is 0.119. The topological polar surface area (TPSA) is 231 Å². The van der Waals surface area contributed by atoms with Crippen molar-refractivity contribution in [1.29, 1.82) is 0 Å². The summed E-state index contributed by atoms with van der Waals surface area (Å²) in [6.45, 7) is 2.25. The molecular weight excluding hydrogens is 805 g/mol. The molecule has 15 heteroatoms. The average molecular weight is 881 g/mol. The van der Waals surface area contributed by atoms with Gasteiger partial charge in [-0.05, 0) is 77.0 Å². The van der Waals surface area contributed by atoms with Gasteiger partial charge >= 0.3 is 11.9 Å². The van der Waals surface area contributed by atoms with Crippen LogP contribution in [-0.4, -0.2) is 142 Å². The molecule has 0 aromatic carbocycles. The Morgan fingerprint density at radius 1 is 0.516 bits per heavy atom. The van der Waals surface area contributed by atoms with E-state index in [-0.39, 0.29) is 19.4 Å². The Morgan fingerprint density at radius 3 is 1.48 bits per heavy atom. The number of esters is 2. The van der Waals surface area contributed by atoms with E-state index in [0.29, 0.717) is 12.8 Å². The summed E-state index contributed by atoms with van der Waals surface area (Å²) in [6.07, 6.45) is 21.0. The summed E-state index contributed by atoms with van der Waals surface area (Å²) < 4.78 is 33.4. The Hall–Kier alpha value is -3.06. The van der Waals surface area contributed by atoms with Crippen LogP contribution in [-0.2, 0) is 38.0 Å². The highest BCUT2D eigenvalue weighted by atomic mass is 16.7. The molecular formula is C47H76O15. The van der Waals surface area contributed by atoms with E-state index in [4.69, 9.17) is 28.4 Å². The van der Waals surface area contributed by atoms with Crippen LogP contribution < -0.4 is 0 Å². The first-order valence-electron chi connectivity index (χ1n) is 22.5. The van der Waals surface area contributed by atoms with Gasteiger partial charge in [-0.25, -0.2) is 0 Å². The van der Waals surface area contributed by atoms with Crippen LogP contribution in [0, 0.1) is 0 Å². The van der Waals surface area contributed by atoms with Crippen molar-refractivity contribution in [2.24, 2.45) is 0 Å². The van der Waals surface area contributed by atoms with Crippen molar-refractivity contribution in [2.45, 2.75) is 184 Å². The fraction of sp³-hybridized carbons (Fsp3) is 0.702. The molecule has 0 saturated carbocycles. The number of carbonyl (C=O) groups excluding carboxylic acids is 2. The highest BCUT2D eigenvalue weighted by molar-refractivity contribution is 5.70. The minimum Gasteiger partial charge on any atom is -0.462 e. The maximum atomic E-state index is 12.9. The molecule has 2 saturated heterocycles. The van der Waals surface area contributed by atoms with Crippen molar-refractivity contribution in [2.75, 3.05) is 26.4 Å². The first-order valence-corrected chi connectivity index (χ1v) is 22.5. The molecule has 2 rings (SSSR count). The number of hydrogen-bond acceptors (Lipinski definition) is 15. The number of rotatable bonds is 32. The molecule has 62 heavy (non-hydrogen) atoms. The van der Waals surface area contributed by atoms with Crippen molar-refractivity contribution in [3.8, 4) is 0 Å². The number of aliphatic hydroxyl groups excluding tert-OH is 7. The number of ether oxygens (including phenoxy) is 6. The van der Waals surface area contributed by atoms with Gasteiger partial charge in [0.1, 0.15) is 55.4 Å². The van der Waals surface area contributed by atoms with Gasteiger partial charge in [0.05, 0.1) is 19.8 Å². The van der Waals surface area contributed by atoms with Gasteiger partial charge in [-0.15, -0.1) is 0 Å². The van der Waals surface area contributed by atoms with E-state index in [9.17, 15) is 45.3 Å². The molecule has 0 amide bonds. The Balaban J connectivity index is 1.89. The lowest BCUT2D eigenvalue weighted by Crippen LogP contribution is -2.61. The molecule has 15 nitrogen and oxygen atoms in total. The van der Waals surface area contributed by atoms with Crippen LogP contribution in [0.1, 0.15) is 117 Å². The van der Waals surface area contributed by atoms with Crippen LogP contribution in [0.25, 0.3) is 0 Å². The lowest BCUT2D eigenvalue weighted by molar-refractivity contribution is -0.332. The van der Waals surface area contributed by atoms with Crippen molar-refractivity contribution in [1.82, 2.24) is 0 Å². The molecule has 2 fully saturated rings. The number of hydrogen-bond donors (Lipinski definition) is 7. The van der Waals surface area contributed by atoms with Crippen LogP contribution in [0.3, 0.4) is 0 Å². The number of aliphatic hydroxyl groups is 7. The molecule has 2 aliphatic rings. The van der Waals surface area contributed by atoms with Crippen molar-refractivity contribution < 1.29 is 73.8 Å². The maximum absolute atomic E-state index is 12.9. The largest absolute Gasteiger partial charge is 0.462 e. The summed E-state index contributed by atoms with van der Waals surface area (Å²) in [6, 6.07) is 0. The van der Waals surface area contributed by atoms with Crippen LogP contribution in [0.5, 0.6) is 0 Å². The smallest absolute Gasteiger partial charge is 0.306 e. The molecule has 0 aliphatic carbocycles. The SMILES string of the molecule is CC/C=C\C/C=C\C/C=C\CCCCCC(=O)OCC(COC1OC(COC2OC(CO)C(O)C(O)C2O)C(O)C(O)C1O)OC(=O)CCCCC/C=C\C/C=C\C/C=C\CC. The molecule has 0 bridgehead atoms. The summed E-state index contributed by atoms with van der Waals surface area (Å²) in [4.78, 5) is 25.6. The number of allylic oxidation sites excluding steroid dienone is 12. The fourth-order valence-corrected chi connectivity index (χ4v) is 6.48. The first kappa shape index (κ1) is 55.1. The molecule has 2 heterocycles. The van der Waals surface area contributed by atoms with Crippen LogP contribution in [0.15, 0.2) is 72.9 Å². The quantitative estimate of drug-likeness (QED) is 0.0276. The summed E-state index contributed by atoms with van der Waals surface area (Å²) >= 11 is 0. The van der Waals surface area contributed by atoms with Gasteiger partial charge in [0.15, 0.2) is 18.7 Å². The van der Waals surface area contributed by atoms with Crippen LogP contribution in [0.2, 0.25) is 0 Å². The molecule has 0 spiro atoms. The standard InChI is InChI=1S/C47H76O15/c1-3-5-7-9-11-13-15-17-19-21-23-25-27-29-38(49)57-32-35(60-39(50)30-28-26-24-22-20-18-16-14-12-10-8-6-4-2)33-58-46-45(56)43(54)41(52)37(62-46)34-59-47-44(55)42(53)40(51)36(31-48)61-47/h5-8,11-14,17-20,35-37,40-48,51-56H,3-4,9-10,15-16,21-34H2,1-2H3/b7-5-,8-6-,13-11-,14-12-,19-17-,20-18-. The Bertz CT molecular complexity index is 1360. The fourth-order valence-electron chi connectivity index (χ4n) is 6.48. The van der Waals surface area contributed by atoms with E-state index in [1.54, 1.807) is 0 Å². The minimum atomic E-state index is -1.78. The molecule has 0 aromatic rings. The monoisotopic (exact) mass is 881 g/mol. The molecule has 2 aliphatic heterocycles. The second-order valence-electron chi connectivity index (χ2n) is 15.5. The van der Waals surface area contributed by atoms with E-state index in [2.05, 4.69) is 86.8 Å². The predicted octanol–water partition coefficient (Wildman–Crippen LogP) is 4.70. The third kappa shape index (κ3) is 23.0. The lowest BCUT2D eigenvalue weighted by atomic mass is 9.98. The van der Waals surface area contributed by atoms with Gasteiger partial charge in [0, 0.05) is 12.8 Å². The number of unbranched alkanes of at least 4 members (excludes halogenated alkanes) is 6. The van der Waals surface area contributed by atoms with Gasteiger partial charge < -0.3 is 64.2 Å². The van der Waals surface area contributed by atoms with Crippen LogP contribution in [0.4, 0.5) is 0 Å². The lowest BCUT2D eigenvalue weighted by Gasteiger charge is -2.42. The van der Waals surface area contributed by atoms with Gasteiger partial charge in [-0.2, -0.15) is 0 Å². The Morgan fingerprint density at radius 2 is 0.968 bits per heavy atom. The van der Waals surface area contributed by atoms with Gasteiger partial charge in [0.2, 0.25) is 0 Å². The third-order valence-corrected chi connectivity index (χ3v) is 10.2. The van der Waals surface area contributed by atoms with Gasteiger partial charge in [-0.1, -0.05) is 99.6 Å². The van der Waals surface area contributed by atoms with Crippen molar-refractivity contribution in [3.05, 3.63) is 72.9 Å². The van der Waals surface area contributed by atoms with E-state index >= 15 is 0 Å². The normalized spacial score (nSPS) is 27.8. The Labute approximate surface area is 368 Å². The molecule has 354 valence electrons. The third-order valence-electron chi connectivity index (χ3n) is 10.2. The Kier molecular flexibility index (Phi) is 30.5. The second kappa shape index (κ2) is 34.4.